The van der Waals surface area contributed by atoms with E-state index < -0.39 is 0 Å². The maximum atomic E-state index is 11.7. The minimum Gasteiger partial charge on any atom is -0.379 e. The molecule has 0 saturated heterocycles. The van der Waals surface area contributed by atoms with E-state index in [2.05, 4.69) is 19.2 Å². The molecule has 3 nitrogen and oxygen atoms in total. The van der Waals surface area contributed by atoms with Crippen LogP contribution in [-0.4, -0.2) is 18.5 Å². The van der Waals surface area contributed by atoms with Gasteiger partial charge in [0.1, 0.15) is 0 Å². The molecular weight excluding hydrogens is 212 g/mol. The molecule has 1 amide bonds. The first-order valence-corrected chi connectivity index (χ1v) is 6.21. The van der Waals surface area contributed by atoms with Crippen LogP contribution in [0.25, 0.3) is 0 Å². The van der Waals surface area contributed by atoms with E-state index in [-0.39, 0.29) is 5.91 Å². The van der Waals surface area contributed by atoms with Gasteiger partial charge in [0.25, 0.3) is 0 Å². The molecule has 1 atom stereocenters. The molecule has 1 aliphatic heterocycles. The van der Waals surface area contributed by atoms with Gasteiger partial charge in [-0.15, -0.1) is 0 Å². The Morgan fingerprint density at radius 3 is 2.82 bits per heavy atom. The van der Waals surface area contributed by atoms with Crippen LogP contribution in [0.4, 0.5) is 11.4 Å². The third-order valence-electron chi connectivity index (χ3n) is 3.09. The van der Waals surface area contributed by atoms with Crippen molar-refractivity contribution < 1.29 is 4.79 Å². The Morgan fingerprint density at radius 2 is 2.18 bits per heavy atom. The third-order valence-corrected chi connectivity index (χ3v) is 3.09. The van der Waals surface area contributed by atoms with Crippen molar-refractivity contribution in [2.45, 2.75) is 33.2 Å². The fourth-order valence-corrected chi connectivity index (χ4v) is 2.42. The summed E-state index contributed by atoms with van der Waals surface area (Å²) in [5.74, 6) is 0.749. The van der Waals surface area contributed by atoms with Crippen LogP contribution in [0.15, 0.2) is 24.3 Å². The summed E-state index contributed by atoms with van der Waals surface area (Å²) in [4.78, 5) is 13.6. The fourth-order valence-electron chi connectivity index (χ4n) is 2.42. The summed E-state index contributed by atoms with van der Waals surface area (Å²) in [5.41, 5.74) is 2.07. The zero-order valence-corrected chi connectivity index (χ0v) is 10.7. The van der Waals surface area contributed by atoms with Gasteiger partial charge in [0, 0.05) is 19.5 Å². The quantitative estimate of drug-likeness (QED) is 0.850. The molecule has 17 heavy (non-hydrogen) atoms. The first kappa shape index (κ1) is 12.0. The lowest BCUT2D eigenvalue weighted by molar-refractivity contribution is -0.116. The zero-order valence-electron chi connectivity index (χ0n) is 10.7. The summed E-state index contributed by atoms with van der Waals surface area (Å²) in [5, 5.41) is 3.52. The van der Waals surface area contributed by atoms with E-state index in [1.807, 2.05) is 29.2 Å². The number of hydrogen-bond acceptors (Lipinski definition) is 2. The van der Waals surface area contributed by atoms with Crippen LogP contribution in [0.3, 0.4) is 0 Å². The van der Waals surface area contributed by atoms with Crippen LogP contribution in [-0.2, 0) is 4.79 Å². The highest BCUT2D eigenvalue weighted by molar-refractivity contribution is 5.96. The van der Waals surface area contributed by atoms with Crippen molar-refractivity contribution in [1.29, 1.82) is 0 Å². The number of rotatable bonds is 2. The van der Waals surface area contributed by atoms with Gasteiger partial charge >= 0.3 is 0 Å². The fraction of sp³-hybridized carbons (Fsp3) is 0.500. The van der Waals surface area contributed by atoms with Crippen molar-refractivity contribution in [1.82, 2.24) is 0 Å². The van der Waals surface area contributed by atoms with Crippen LogP contribution in [0.1, 0.15) is 27.2 Å². The Hall–Kier alpha value is -1.51. The highest BCUT2D eigenvalue weighted by atomic mass is 16.2. The predicted octanol–water partition coefficient (Wildman–Crippen LogP) is 2.88. The lowest BCUT2D eigenvalue weighted by atomic mass is 10.00. The molecule has 0 saturated carbocycles. The first-order chi connectivity index (χ1) is 8.08. The van der Waals surface area contributed by atoms with E-state index in [1.165, 1.54) is 0 Å². The Labute approximate surface area is 103 Å². The number of carbonyl (C=O) groups excluding carboxylic acids is 1. The van der Waals surface area contributed by atoms with Crippen LogP contribution < -0.4 is 10.2 Å². The van der Waals surface area contributed by atoms with Gasteiger partial charge in [-0.05, 0) is 24.5 Å². The molecule has 92 valence electrons. The maximum absolute atomic E-state index is 11.7. The Balaban J connectivity index is 2.26. The summed E-state index contributed by atoms with van der Waals surface area (Å²) in [6.07, 6.45) is 1.08. The lowest BCUT2D eigenvalue weighted by Gasteiger charge is -2.36. The summed E-state index contributed by atoms with van der Waals surface area (Å²) < 4.78 is 0. The molecule has 2 rings (SSSR count). The topological polar surface area (TPSA) is 32.3 Å². The van der Waals surface area contributed by atoms with Crippen LogP contribution in [0, 0.1) is 5.92 Å². The molecule has 1 heterocycles. The van der Waals surface area contributed by atoms with Gasteiger partial charge in [0.15, 0.2) is 0 Å². The molecular formula is C14H20N2O. The second kappa shape index (κ2) is 4.78. The van der Waals surface area contributed by atoms with Crippen LogP contribution >= 0.6 is 0 Å². The number of amides is 1. The summed E-state index contributed by atoms with van der Waals surface area (Å²) >= 11 is 0. The van der Waals surface area contributed by atoms with Crippen LogP contribution in [0.5, 0.6) is 0 Å². The smallest absolute Gasteiger partial charge is 0.223 e. The molecule has 1 aromatic rings. The standard InChI is InChI=1S/C14H20N2O/c1-10(2)8-12-9-16(11(3)17)14-7-5-4-6-13(14)15-12/h4-7,10,12,15H,8-9H2,1-3H3. The Morgan fingerprint density at radius 1 is 1.47 bits per heavy atom. The van der Waals surface area contributed by atoms with Gasteiger partial charge < -0.3 is 10.2 Å². The number of anilines is 2. The third kappa shape index (κ3) is 2.60. The first-order valence-electron chi connectivity index (χ1n) is 6.21. The minimum absolute atomic E-state index is 0.118. The highest BCUT2D eigenvalue weighted by Crippen LogP contribution is 2.31. The normalized spacial score (nSPS) is 18.8. The van der Waals surface area contributed by atoms with Gasteiger partial charge in [0.2, 0.25) is 5.91 Å². The number of hydrogen-bond donors (Lipinski definition) is 1. The molecule has 1 aromatic carbocycles. The van der Waals surface area contributed by atoms with Crippen molar-refractivity contribution >= 4 is 17.3 Å². The van der Waals surface area contributed by atoms with E-state index in [0.29, 0.717) is 12.0 Å². The summed E-state index contributed by atoms with van der Waals surface area (Å²) in [6.45, 7) is 6.82. The zero-order chi connectivity index (χ0) is 12.4. The van der Waals surface area contributed by atoms with Crippen molar-refractivity contribution in [3.8, 4) is 0 Å². The molecule has 1 aliphatic rings. The van der Waals surface area contributed by atoms with Gasteiger partial charge in [0.05, 0.1) is 11.4 Å². The predicted molar refractivity (Wildman–Crippen MR) is 71.3 cm³/mol. The number of fused-ring (bicyclic) bond motifs is 1. The Bertz CT molecular complexity index is 414. The molecule has 0 fully saturated rings. The largest absolute Gasteiger partial charge is 0.379 e. The van der Waals surface area contributed by atoms with E-state index in [4.69, 9.17) is 0 Å². The summed E-state index contributed by atoms with van der Waals surface area (Å²) in [7, 11) is 0. The van der Waals surface area contributed by atoms with Crippen molar-refractivity contribution in [2.24, 2.45) is 5.92 Å². The van der Waals surface area contributed by atoms with Crippen molar-refractivity contribution in [2.75, 3.05) is 16.8 Å². The summed E-state index contributed by atoms with van der Waals surface area (Å²) in [6, 6.07) is 8.36. The molecule has 0 radical (unpaired) electrons. The molecule has 1 N–H and O–H groups in total. The average molecular weight is 232 g/mol. The molecule has 0 aromatic heterocycles. The number of para-hydroxylation sites is 2. The highest BCUT2D eigenvalue weighted by Gasteiger charge is 2.26. The number of carbonyl (C=O) groups is 1. The van der Waals surface area contributed by atoms with Crippen molar-refractivity contribution in [3.05, 3.63) is 24.3 Å². The van der Waals surface area contributed by atoms with Crippen molar-refractivity contribution in [3.63, 3.8) is 0 Å². The number of nitrogens with zero attached hydrogens (tertiary/aromatic N) is 1. The SMILES string of the molecule is CC(=O)N1CC(CC(C)C)Nc2ccccc21. The van der Waals surface area contributed by atoms with Gasteiger partial charge in [-0.1, -0.05) is 26.0 Å². The van der Waals surface area contributed by atoms with Crippen LogP contribution in [0.2, 0.25) is 0 Å². The van der Waals surface area contributed by atoms with Gasteiger partial charge in [-0.25, -0.2) is 0 Å². The minimum atomic E-state index is 0.118. The molecule has 0 spiro atoms. The van der Waals surface area contributed by atoms with Gasteiger partial charge in [-0.3, -0.25) is 4.79 Å². The molecule has 3 heteroatoms. The van der Waals surface area contributed by atoms with E-state index in [0.717, 1.165) is 24.3 Å². The van der Waals surface area contributed by atoms with E-state index >= 15 is 0 Å². The second-order valence-electron chi connectivity index (χ2n) is 5.12. The maximum Gasteiger partial charge on any atom is 0.223 e. The van der Waals surface area contributed by atoms with E-state index in [9.17, 15) is 4.79 Å². The monoisotopic (exact) mass is 232 g/mol. The van der Waals surface area contributed by atoms with Gasteiger partial charge in [-0.2, -0.15) is 0 Å². The number of benzene rings is 1. The molecule has 0 bridgehead atoms. The Kier molecular flexibility index (Phi) is 3.36. The average Bonchev–Trinajstić information content (AvgIpc) is 2.27. The number of nitrogens with one attached hydrogen (secondary N) is 1. The van der Waals surface area contributed by atoms with E-state index in [1.54, 1.807) is 6.92 Å². The second-order valence-corrected chi connectivity index (χ2v) is 5.12. The lowest BCUT2D eigenvalue weighted by Crippen LogP contribution is -2.44. The molecule has 0 aliphatic carbocycles. The molecule has 1 unspecified atom stereocenters.